The van der Waals surface area contributed by atoms with E-state index >= 15 is 0 Å². The molecule has 1 aromatic heterocycles. The number of carbonyl (C=O) groups excluding carboxylic acids is 1. The molecule has 4 aromatic rings. The second-order valence-electron chi connectivity index (χ2n) is 9.10. The highest BCUT2D eigenvalue weighted by molar-refractivity contribution is 5.77. The summed E-state index contributed by atoms with van der Waals surface area (Å²) < 4.78 is 62.9. The zero-order chi connectivity index (χ0) is 27.4. The van der Waals surface area contributed by atoms with Crippen LogP contribution in [-0.2, 0) is 17.5 Å². The third-order valence-electron chi connectivity index (χ3n) is 6.36. The number of piperazine rings is 1. The molecule has 0 spiro atoms. The predicted molar refractivity (Wildman–Crippen MR) is 134 cm³/mol. The van der Waals surface area contributed by atoms with Gasteiger partial charge in [-0.3, -0.25) is 9.69 Å². The molecule has 2 heterocycles. The van der Waals surface area contributed by atoms with Gasteiger partial charge in [-0.25, -0.2) is 4.39 Å². The number of amides is 1. The van der Waals surface area contributed by atoms with E-state index in [0.717, 1.165) is 17.7 Å². The number of ether oxygens (including phenoxy) is 1. The number of hydrogen-bond acceptors (Lipinski definition) is 6. The molecule has 1 aliphatic rings. The van der Waals surface area contributed by atoms with Crippen LogP contribution in [0.4, 0.5) is 17.6 Å². The van der Waals surface area contributed by atoms with Crippen LogP contribution in [-0.4, -0.2) is 58.6 Å². The largest absolute Gasteiger partial charge is 0.484 e. The molecule has 0 bridgehead atoms. The van der Waals surface area contributed by atoms with E-state index in [1.807, 2.05) is 24.3 Å². The van der Waals surface area contributed by atoms with Crippen LogP contribution >= 0.6 is 0 Å². The van der Waals surface area contributed by atoms with Gasteiger partial charge in [-0.05, 0) is 54.1 Å². The van der Waals surface area contributed by atoms with Crippen molar-refractivity contribution in [2.45, 2.75) is 12.7 Å². The molecule has 3 aromatic carbocycles. The van der Waals surface area contributed by atoms with Crippen LogP contribution in [0.15, 0.2) is 77.3 Å². The molecule has 0 aliphatic carbocycles. The van der Waals surface area contributed by atoms with E-state index in [0.29, 0.717) is 44.0 Å². The van der Waals surface area contributed by atoms with E-state index in [1.54, 1.807) is 4.90 Å². The Bertz CT molecular complexity index is 1430. The van der Waals surface area contributed by atoms with Crippen molar-refractivity contribution in [3.8, 4) is 28.6 Å². The highest BCUT2D eigenvalue weighted by atomic mass is 19.4. The van der Waals surface area contributed by atoms with Crippen molar-refractivity contribution in [1.29, 1.82) is 0 Å². The summed E-state index contributed by atoms with van der Waals surface area (Å²) in [6, 6.07) is 17.8. The van der Waals surface area contributed by atoms with Crippen molar-refractivity contribution in [2.24, 2.45) is 0 Å². The summed E-state index contributed by atoms with van der Waals surface area (Å²) in [5.74, 6) is 0.223. The maximum Gasteiger partial charge on any atom is 0.416 e. The number of alkyl halides is 3. The predicted octanol–water partition coefficient (Wildman–Crippen LogP) is 5.28. The Morgan fingerprint density at radius 1 is 0.923 bits per heavy atom. The van der Waals surface area contributed by atoms with Crippen LogP contribution < -0.4 is 4.74 Å². The molecule has 202 valence electrons. The molecule has 1 aliphatic heterocycles. The van der Waals surface area contributed by atoms with Gasteiger partial charge in [0.05, 0.1) is 5.56 Å². The van der Waals surface area contributed by atoms with Gasteiger partial charge in [-0.15, -0.1) is 0 Å². The van der Waals surface area contributed by atoms with Crippen LogP contribution in [0.3, 0.4) is 0 Å². The monoisotopic (exact) mass is 540 g/mol. The van der Waals surface area contributed by atoms with Crippen LogP contribution in [0.25, 0.3) is 22.8 Å². The van der Waals surface area contributed by atoms with Gasteiger partial charge in [0.2, 0.25) is 5.82 Å². The van der Waals surface area contributed by atoms with Gasteiger partial charge in [-0.1, -0.05) is 29.4 Å². The maximum absolute atomic E-state index is 13.1. The fourth-order valence-electron chi connectivity index (χ4n) is 4.28. The van der Waals surface area contributed by atoms with Gasteiger partial charge in [0.25, 0.3) is 11.8 Å². The highest BCUT2D eigenvalue weighted by Gasteiger charge is 2.31. The first-order valence-electron chi connectivity index (χ1n) is 12.2. The fourth-order valence-corrected chi connectivity index (χ4v) is 4.28. The van der Waals surface area contributed by atoms with E-state index in [1.165, 1.54) is 36.4 Å². The normalized spacial score (nSPS) is 14.4. The standard InChI is InChI=1S/C28H24F4N4O3/c29-23-7-9-24(10-8-23)38-18-25(37)36-13-11-35(12-14-36)17-19-3-1-4-20(15-19)26-33-27(39-34-26)21-5-2-6-22(16-21)28(30,31)32/h1-10,15-16H,11-14,17-18H2. The number of nitrogens with zero attached hydrogens (tertiary/aromatic N) is 4. The summed E-state index contributed by atoms with van der Waals surface area (Å²) in [6.45, 7) is 2.98. The minimum Gasteiger partial charge on any atom is -0.484 e. The fraction of sp³-hybridized carbons (Fsp3) is 0.250. The summed E-state index contributed by atoms with van der Waals surface area (Å²) >= 11 is 0. The van der Waals surface area contributed by atoms with Crippen molar-refractivity contribution in [2.75, 3.05) is 32.8 Å². The summed E-state index contributed by atoms with van der Waals surface area (Å²) in [5, 5.41) is 3.96. The Kier molecular flexibility index (Phi) is 7.60. The molecule has 11 heteroatoms. The second-order valence-corrected chi connectivity index (χ2v) is 9.10. The van der Waals surface area contributed by atoms with E-state index < -0.39 is 11.7 Å². The van der Waals surface area contributed by atoms with Crippen LogP contribution in [0.2, 0.25) is 0 Å². The summed E-state index contributed by atoms with van der Waals surface area (Å²) in [5.41, 5.74) is 1.08. The first-order chi connectivity index (χ1) is 18.7. The Morgan fingerprint density at radius 3 is 2.38 bits per heavy atom. The Hall–Kier alpha value is -4.25. The molecule has 1 saturated heterocycles. The molecule has 7 nitrogen and oxygen atoms in total. The molecule has 0 radical (unpaired) electrons. The molecule has 0 N–H and O–H groups in total. The smallest absolute Gasteiger partial charge is 0.416 e. The van der Waals surface area contributed by atoms with Crippen molar-refractivity contribution in [3.63, 3.8) is 0 Å². The summed E-state index contributed by atoms with van der Waals surface area (Å²) in [6.07, 6.45) is -4.47. The van der Waals surface area contributed by atoms with E-state index in [9.17, 15) is 22.4 Å². The molecule has 0 atom stereocenters. The number of halogens is 4. The minimum atomic E-state index is -4.47. The lowest BCUT2D eigenvalue weighted by molar-refractivity contribution is -0.137. The van der Waals surface area contributed by atoms with Gasteiger partial charge in [0.15, 0.2) is 6.61 Å². The van der Waals surface area contributed by atoms with Gasteiger partial charge < -0.3 is 14.2 Å². The lowest BCUT2D eigenvalue weighted by atomic mass is 10.1. The van der Waals surface area contributed by atoms with Crippen molar-refractivity contribution in [1.82, 2.24) is 19.9 Å². The number of rotatable bonds is 7. The quantitative estimate of drug-likeness (QED) is 0.297. The van der Waals surface area contributed by atoms with Crippen LogP contribution in [0, 0.1) is 5.82 Å². The van der Waals surface area contributed by atoms with Gasteiger partial charge in [0.1, 0.15) is 11.6 Å². The van der Waals surface area contributed by atoms with Crippen LogP contribution in [0.5, 0.6) is 5.75 Å². The molecule has 1 amide bonds. The van der Waals surface area contributed by atoms with Gasteiger partial charge in [0, 0.05) is 43.9 Å². The topological polar surface area (TPSA) is 71.7 Å². The molecule has 39 heavy (non-hydrogen) atoms. The second kappa shape index (κ2) is 11.2. The third kappa shape index (κ3) is 6.61. The Balaban J connectivity index is 1.16. The molecule has 0 saturated carbocycles. The molecule has 5 rings (SSSR count). The molecular formula is C28H24F4N4O3. The number of hydrogen-bond donors (Lipinski definition) is 0. The summed E-state index contributed by atoms with van der Waals surface area (Å²) in [4.78, 5) is 20.8. The SMILES string of the molecule is O=C(COc1ccc(F)cc1)N1CCN(Cc2cccc(-c3noc(-c4cccc(C(F)(F)F)c4)n3)c2)CC1. The minimum absolute atomic E-state index is 0.00528. The van der Waals surface area contributed by atoms with E-state index in [2.05, 4.69) is 15.0 Å². The van der Waals surface area contributed by atoms with Crippen molar-refractivity contribution < 1.29 is 31.6 Å². The van der Waals surface area contributed by atoms with E-state index in [4.69, 9.17) is 9.26 Å². The van der Waals surface area contributed by atoms with Crippen LogP contribution in [0.1, 0.15) is 11.1 Å². The highest BCUT2D eigenvalue weighted by Crippen LogP contribution is 2.32. The maximum atomic E-state index is 13.1. The first kappa shape index (κ1) is 26.4. The number of carbonyl (C=O) groups is 1. The molecule has 1 fully saturated rings. The van der Waals surface area contributed by atoms with Crippen molar-refractivity contribution >= 4 is 5.91 Å². The average molecular weight is 541 g/mol. The lowest BCUT2D eigenvalue weighted by Gasteiger charge is -2.34. The number of aromatic nitrogens is 2. The number of benzene rings is 3. The molecular weight excluding hydrogens is 516 g/mol. The lowest BCUT2D eigenvalue weighted by Crippen LogP contribution is -2.49. The van der Waals surface area contributed by atoms with E-state index in [-0.39, 0.29) is 35.6 Å². The first-order valence-corrected chi connectivity index (χ1v) is 12.2. The third-order valence-corrected chi connectivity index (χ3v) is 6.36. The van der Waals surface area contributed by atoms with Gasteiger partial charge >= 0.3 is 6.18 Å². The average Bonchev–Trinajstić information content (AvgIpc) is 3.43. The molecule has 0 unspecified atom stereocenters. The zero-order valence-corrected chi connectivity index (χ0v) is 20.7. The Morgan fingerprint density at radius 2 is 1.64 bits per heavy atom. The summed E-state index contributed by atoms with van der Waals surface area (Å²) in [7, 11) is 0. The van der Waals surface area contributed by atoms with Gasteiger partial charge in [-0.2, -0.15) is 18.2 Å². The Labute approximate surface area is 221 Å². The van der Waals surface area contributed by atoms with Crippen molar-refractivity contribution in [3.05, 3.63) is 89.7 Å². The zero-order valence-electron chi connectivity index (χ0n) is 20.7.